The average molecular weight is 239 g/mol. The van der Waals surface area contributed by atoms with Crippen molar-refractivity contribution in [3.8, 4) is 0 Å². The van der Waals surface area contributed by atoms with E-state index in [1.807, 2.05) is 0 Å². The quantitative estimate of drug-likeness (QED) is 0.669. The van der Waals surface area contributed by atoms with E-state index >= 15 is 0 Å². The van der Waals surface area contributed by atoms with Crippen LogP contribution >= 0.6 is 0 Å². The van der Waals surface area contributed by atoms with Gasteiger partial charge in [0, 0.05) is 5.92 Å². The zero-order valence-corrected chi connectivity index (χ0v) is 13.0. The van der Waals surface area contributed by atoms with E-state index in [0.717, 1.165) is 22.5 Å². The van der Waals surface area contributed by atoms with Crippen LogP contribution in [0.2, 0.25) is 0 Å². The van der Waals surface area contributed by atoms with E-state index in [0.29, 0.717) is 10.8 Å². The van der Waals surface area contributed by atoms with Crippen molar-refractivity contribution in [3.63, 3.8) is 0 Å². The van der Waals surface area contributed by atoms with E-state index in [-0.39, 0.29) is 0 Å². The molecule has 2 fully saturated rings. The monoisotopic (exact) mass is 239 g/mol. The van der Waals surface area contributed by atoms with Crippen LogP contribution in [-0.4, -0.2) is 56.7 Å². The molecule has 0 saturated heterocycles. The van der Waals surface area contributed by atoms with Gasteiger partial charge in [-0.25, -0.2) is 0 Å². The minimum absolute atomic E-state index is 0.483. The maximum atomic E-state index is 2.54. The number of fused-ring (bicyclic) bond motifs is 2. The van der Waals surface area contributed by atoms with Crippen molar-refractivity contribution in [1.82, 2.24) is 4.90 Å². The molecule has 2 heteroatoms. The Balaban J connectivity index is 2.49. The molecule has 0 aromatic carbocycles. The molecule has 2 bridgehead atoms. The summed E-state index contributed by atoms with van der Waals surface area (Å²) in [7, 11) is 11.7. The van der Waals surface area contributed by atoms with E-state index in [1.54, 1.807) is 0 Å². The van der Waals surface area contributed by atoms with Gasteiger partial charge in [0.05, 0.1) is 27.2 Å². The molecule has 17 heavy (non-hydrogen) atoms. The lowest BCUT2D eigenvalue weighted by Gasteiger charge is -2.47. The summed E-state index contributed by atoms with van der Waals surface area (Å²) in [4.78, 5) is 2.50. The Hall–Kier alpha value is -0.0800. The van der Waals surface area contributed by atoms with E-state index in [2.05, 4.69) is 60.9 Å². The lowest BCUT2D eigenvalue weighted by Crippen LogP contribution is -2.60. The van der Waals surface area contributed by atoms with Gasteiger partial charge in [-0.05, 0) is 37.8 Å². The van der Waals surface area contributed by atoms with E-state index in [1.165, 1.54) is 12.8 Å². The topological polar surface area (TPSA) is 3.24 Å². The second-order valence-electron chi connectivity index (χ2n) is 8.30. The summed E-state index contributed by atoms with van der Waals surface area (Å²) in [5.74, 6) is 0.875. The van der Waals surface area contributed by atoms with Crippen molar-refractivity contribution >= 4 is 0 Å². The highest BCUT2D eigenvalue weighted by molar-refractivity contribution is 5.17. The summed E-state index contributed by atoms with van der Waals surface area (Å²) in [6, 6.07) is 1.50. The summed E-state index contributed by atoms with van der Waals surface area (Å²) < 4.78 is 1.10. The summed E-state index contributed by atoms with van der Waals surface area (Å²) in [6.45, 7) is 7.56. The average Bonchev–Trinajstić information content (AvgIpc) is 2.44. The van der Waals surface area contributed by atoms with Gasteiger partial charge >= 0.3 is 0 Å². The number of likely N-dealkylation sites (N-methyl/N-ethyl adjacent to an activating group) is 2. The third-order valence-electron chi connectivity index (χ3n) is 6.21. The highest BCUT2D eigenvalue weighted by Crippen LogP contribution is 2.67. The fourth-order valence-electron chi connectivity index (χ4n) is 5.12. The molecular weight excluding hydrogens is 208 g/mol. The molecule has 0 aromatic rings. The summed E-state index contributed by atoms with van der Waals surface area (Å²) in [6.07, 6.45) is 2.83. The number of quaternary nitrogens is 1. The smallest absolute Gasteiger partial charge is 0.108 e. The highest BCUT2D eigenvalue weighted by atomic mass is 15.4. The standard InChI is InChI=1S/C15H31N2/c1-14(2)11-9-10-15(14,3)13(16(4)5)12(11)17(6,7)8/h11-13H,9-10H2,1-8H3/q+1/t11-,12+,13+,15+/m0/s1. The zero-order chi connectivity index (χ0) is 13.2. The van der Waals surface area contributed by atoms with Crippen LogP contribution in [0.15, 0.2) is 0 Å². The van der Waals surface area contributed by atoms with Gasteiger partial charge in [-0.15, -0.1) is 0 Å². The van der Waals surface area contributed by atoms with Crippen LogP contribution in [0.25, 0.3) is 0 Å². The molecule has 2 aliphatic rings. The van der Waals surface area contributed by atoms with E-state index < -0.39 is 0 Å². The first-order valence-electron chi connectivity index (χ1n) is 7.01. The number of nitrogens with zero attached hydrogens (tertiary/aromatic N) is 2. The maximum Gasteiger partial charge on any atom is 0.108 e. The molecule has 0 amide bonds. The Kier molecular flexibility index (Phi) is 2.73. The van der Waals surface area contributed by atoms with Crippen LogP contribution in [0.3, 0.4) is 0 Å². The van der Waals surface area contributed by atoms with E-state index in [9.17, 15) is 0 Å². The number of hydrogen-bond donors (Lipinski definition) is 0. The molecular formula is C15H31N2+. The van der Waals surface area contributed by atoms with Crippen molar-refractivity contribution in [2.24, 2.45) is 16.7 Å². The van der Waals surface area contributed by atoms with Crippen LogP contribution in [0.1, 0.15) is 33.6 Å². The van der Waals surface area contributed by atoms with Crippen LogP contribution in [-0.2, 0) is 0 Å². The predicted octanol–water partition coefficient (Wildman–Crippen LogP) is 2.45. The molecule has 0 aromatic heterocycles. The molecule has 2 saturated carbocycles. The van der Waals surface area contributed by atoms with Crippen molar-refractivity contribution in [1.29, 1.82) is 0 Å². The second-order valence-corrected chi connectivity index (χ2v) is 8.30. The summed E-state index contributed by atoms with van der Waals surface area (Å²) in [5, 5.41) is 0. The second kappa shape index (κ2) is 3.48. The van der Waals surface area contributed by atoms with Gasteiger partial charge in [0.2, 0.25) is 0 Å². The summed E-state index contributed by atoms with van der Waals surface area (Å²) >= 11 is 0. The normalized spacial score (nSPS) is 44.6. The zero-order valence-electron chi connectivity index (χ0n) is 13.0. The molecule has 0 heterocycles. The number of hydrogen-bond acceptors (Lipinski definition) is 1. The Morgan fingerprint density at radius 1 is 1.06 bits per heavy atom. The Morgan fingerprint density at radius 3 is 1.94 bits per heavy atom. The van der Waals surface area contributed by atoms with Crippen molar-refractivity contribution in [2.45, 2.75) is 45.7 Å². The fraction of sp³-hybridized carbons (Fsp3) is 1.00. The molecule has 2 aliphatic carbocycles. The van der Waals surface area contributed by atoms with Crippen molar-refractivity contribution < 1.29 is 4.48 Å². The van der Waals surface area contributed by atoms with Gasteiger partial charge in [-0.1, -0.05) is 20.8 Å². The van der Waals surface area contributed by atoms with Gasteiger partial charge in [0.15, 0.2) is 0 Å². The van der Waals surface area contributed by atoms with Gasteiger partial charge in [0.1, 0.15) is 6.04 Å². The first-order valence-corrected chi connectivity index (χ1v) is 7.01. The molecule has 2 rings (SSSR count). The van der Waals surface area contributed by atoms with Crippen LogP contribution in [0.5, 0.6) is 0 Å². The minimum atomic E-state index is 0.483. The Morgan fingerprint density at radius 2 is 1.59 bits per heavy atom. The van der Waals surface area contributed by atoms with Crippen LogP contribution in [0.4, 0.5) is 0 Å². The van der Waals surface area contributed by atoms with Crippen LogP contribution < -0.4 is 0 Å². The largest absolute Gasteiger partial charge is 0.327 e. The van der Waals surface area contributed by atoms with Crippen LogP contribution in [0, 0.1) is 16.7 Å². The molecule has 100 valence electrons. The lowest BCUT2D eigenvalue weighted by atomic mass is 9.69. The highest BCUT2D eigenvalue weighted by Gasteiger charge is 2.70. The van der Waals surface area contributed by atoms with Gasteiger partial charge in [-0.2, -0.15) is 0 Å². The maximum absolute atomic E-state index is 2.54. The van der Waals surface area contributed by atoms with Gasteiger partial charge in [0.25, 0.3) is 0 Å². The molecule has 0 unspecified atom stereocenters. The number of rotatable bonds is 2. The first-order chi connectivity index (χ1) is 7.53. The van der Waals surface area contributed by atoms with Crippen molar-refractivity contribution in [3.05, 3.63) is 0 Å². The van der Waals surface area contributed by atoms with E-state index in [4.69, 9.17) is 0 Å². The Bertz CT molecular complexity index is 313. The van der Waals surface area contributed by atoms with Gasteiger partial charge in [-0.3, -0.25) is 0 Å². The first kappa shape index (κ1) is 13.4. The third-order valence-corrected chi connectivity index (χ3v) is 6.21. The fourth-order valence-corrected chi connectivity index (χ4v) is 5.12. The lowest BCUT2D eigenvalue weighted by molar-refractivity contribution is -0.902. The molecule has 0 aliphatic heterocycles. The molecule has 2 nitrogen and oxygen atoms in total. The predicted molar refractivity (Wildman–Crippen MR) is 73.9 cm³/mol. The minimum Gasteiger partial charge on any atom is -0.327 e. The summed E-state index contributed by atoms with van der Waals surface area (Å²) in [5.41, 5.74) is 0.968. The molecule has 0 radical (unpaired) electrons. The van der Waals surface area contributed by atoms with Gasteiger partial charge < -0.3 is 9.38 Å². The Labute approximate surface area is 108 Å². The SMILES string of the molecule is CN(C)[C@@H]1[C@H]([N+](C)(C)C)[C@@H]2CC[C@@]1(C)C2(C)C. The molecule has 0 spiro atoms. The third kappa shape index (κ3) is 1.53. The molecule has 0 N–H and O–H groups in total. The van der Waals surface area contributed by atoms with Crippen molar-refractivity contribution in [2.75, 3.05) is 35.2 Å². The molecule has 4 atom stereocenters.